The third kappa shape index (κ3) is 3.99. The summed E-state index contributed by atoms with van der Waals surface area (Å²) in [5.41, 5.74) is 3.05. The molecule has 1 heterocycles. The molecule has 6 nitrogen and oxygen atoms in total. The van der Waals surface area contributed by atoms with Crippen molar-refractivity contribution in [1.29, 1.82) is 0 Å². The van der Waals surface area contributed by atoms with Crippen molar-refractivity contribution in [2.24, 2.45) is 0 Å². The van der Waals surface area contributed by atoms with Crippen molar-refractivity contribution in [3.05, 3.63) is 53.6 Å². The van der Waals surface area contributed by atoms with E-state index in [9.17, 15) is 13.2 Å². The Labute approximate surface area is 153 Å². The van der Waals surface area contributed by atoms with Gasteiger partial charge in [0.25, 0.3) is 0 Å². The van der Waals surface area contributed by atoms with E-state index in [1.54, 1.807) is 25.3 Å². The van der Waals surface area contributed by atoms with Crippen molar-refractivity contribution in [2.75, 3.05) is 29.0 Å². The number of hydrogen-bond acceptors (Lipinski definition) is 4. The number of aryl methyl sites for hydroxylation is 1. The molecule has 0 bridgehead atoms. The summed E-state index contributed by atoms with van der Waals surface area (Å²) < 4.78 is 30.6. The largest absolute Gasteiger partial charge is 0.497 e. The van der Waals surface area contributed by atoms with Crippen LogP contribution in [-0.4, -0.2) is 33.7 Å². The molecule has 0 aromatic heterocycles. The highest BCUT2D eigenvalue weighted by atomic mass is 32.2. The quantitative estimate of drug-likeness (QED) is 0.873. The van der Waals surface area contributed by atoms with Gasteiger partial charge < -0.3 is 10.1 Å². The van der Waals surface area contributed by atoms with Crippen LogP contribution in [0, 0.1) is 6.92 Å². The average Bonchev–Trinajstić information content (AvgIpc) is 2.96. The topological polar surface area (TPSA) is 75.7 Å². The standard InChI is InChI=1S/C19H22N2O4S/c1-14-12-16(21-10-3-11-26(21,23)24)6-9-18(14)20-19(22)13-15-4-7-17(25-2)8-5-15/h4-9,12H,3,10-11,13H2,1-2H3,(H,20,22). The highest BCUT2D eigenvalue weighted by Gasteiger charge is 2.28. The average molecular weight is 374 g/mol. The number of hydrogen-bond donors (Lipinski definition) is 1. The molecule has 7 heteroatoms. The fourth-order valence-corrected chi connectivity index (χ4v) is 4.55. The first-order valence-electron chi connectivity index (χ1n) is 8.43. The smallest absolute Gasteiger partial charge is 0.235 e. The number of ether oxygens (including phenoxy) is 1. The van der Waals surface area contributed by atoms with Gasteiger partial charge in [0.15, 0.2) is 0 Å². The Morgan fingerprint density at radius 3 is 2.50 bits per heavy atom. The van der Waals surface area contributed by atoms with Gasteiger partial charge in [0.2, 0.25) is 15.9 Å². The number of nitrogens with zero attached hydrogens (tertiary/aromatic N) is 1. The van der Waals surface area contributed by atoms with Gasteiger partial charge in [0, 0.05) is 12.2 Å². The highest BCUT2D eigenvalue weighted by molar-refractivity contribution is 7.93. The zero-order chi connectivity index (χ0) is 18.7. The second kappa shape index (κ2) is 7.37. The minimum absolute atomic E-state index is 0.125. The van der Waals surface area contributed by atoms with E-state index in [1.165, 1.54) is 4.31 Å². The van der Waals surface area contributed by atoms with Crippen LogP contribution in [0.2, 0.25) is 0 Å². The molecule has 1 fully saturated rings. The maximum atomic E-state index is 12.3. The summed E-state index contributed by atoms with van der Waals surface area (Å²) in [6.45, 7) is 2.36. The second-order valence-electron chi connectivity index (χ2n) is 6.31. The molecule has 1 amide bonds. The van der Waals surface area contributed by atoms with Crippen LogP contribution in [-0.2, 0) is 21.2 Å². The maximum Gasteiger partial charge on any atom is 0.235 e. The Morgan fingerprint density at radius 2 is 1.92 bits per heavy atom. The second-order valence-corrected chi connectivity index (χ2v) is 8.33. The first kappa shape index (κ1) is 18.3. The summed E-state index contributed by atoms with van der Waals surface area (Å²) in [7, 11) is -1.60. The molecular formula is C19H22N2O4S. The fraction of sp³-hybridized carbons (Fsp3) is 0.316. The maximum absolute atomic E-state index is 12.3. The molecule has 1 aliphatic heterocycles. The van der Waals surface area contributed by atoms with Crippen LogP contribution in [0.15, 0.2) is 42.5 Å². The van der Waals surface area contributed by atoms with E-state index in [2.05, 4.69) is 5.32 Å². The zero-order valence-electron chi connectivity index (χ0n) is 14.9. The van der Waals surface area contributed by atoms with Crippen molar-refractivity contribution in [1.82, 2.24) is 0 Å². The number of anilines is 2. The first-order chi connectivity index (χ1) is 12.4. The molecule has 1 aliphatic rings. The van der Waals surface area contributed by atoms with E-state index in [0.29, 0.717) is 24.3 Å². The van der Waals surface area contributed by atoms with E-state index in [1.807, 2.05) is 31.2 Å². The molecule has 0 radical (unpaired) electrons. The van der Waals surface area contributed by atoms with Crippen molar-refractivity contribution >= 4 is 27.3 Å². The number of carbonyl (C=O) groups excluding carboxylic acids is 1. The molecule has 26 heavy (non-hydrogen) atoms. The molecule has 0 spiro atoms. The minimum atomic E-state index is -3.20. The van der Waals surface area contributed by atoms with Gasteiger partial charge in [-0.15, -0.1) is 0 Å². The third-order valence-corrected chi connectivity index (χ3v) is 6.26. The Kier molecular flexibility index (Phi) is 5.18. The molecule has 0 aliphatic carbocycles. The summed E-state index contributed by atoms with van der Waals surface area (Å²) in [5.74, 6) is 0.809. The number of methoxy groups -OCH3 is 1. The SMILES string of the molecule is COc1ccc(CC(=O)Nc2ccc(N3CCCS3(=O)=O)cc2C)cc1. The summed E-state index contributed by atoms with van der Waals surface area (Å²) in [6.07, 6.45) is 0.896. The molecule has 0 atom stereocenters. The molecule has 2 aromatic carbocycles. The van der Waals surface area contributed by atoms with Crippen LogP contribution < -0.4 is 14.4 Å². The van der Waals surface area contributed by atoms with Crippen LogP contribution in [0.3, 0.4) is 0 Å². The van der Waals surface area contributed by atoms with Crippen LogP contribution in [0.5, 0.6) is 5.75 Å². The monoisotopic (exact) mass is 374 g/mol. The Hall–Kier alpha value is -2.54. The number of sulfonamides is 1. The van der Waals surface area contributed by atoms with Gasteiger partial charge >= 0.3 is 0 Å². The van der Waals surface area contributed by atoms with Gasteiger partial charge in [-0.2, -0.15) is 0 Å². The molecule has 2 aromatic rings. The number of carbonyl (C=O) groups is 1. The van der Waals surface area contributed by atoms with E-state index >= 15 is 0 Å². The Bertz CT molecular complexity index is 908. The lowest BCUT2D eigenvalue weighted by molar-refractivity contribution is -0.115. The number of nitrogens with one attached hydrogen (secondary N) is 1. The third-order valence-electron chi connectivity index (χ3n) is 4.40. The predicted octanol–water partition coefficient (Wildman–Crippen LogP) is 2.72. The fourth-order valence-electron chi connectivity index (χ4n) is 3.00. The lowest BCUT2D eigenvalue weighted by Gasteiger charge is -2.18. The molecule has 0 unspecified atom stereocenters. The normalized spacial score (nSPS) is 15.7. The molecule has 3 rings (SSSR count). The summed E-state index contributed by atoms with van der Waals surface area (Å²) in [4.78, 5) is 12.3. The summed E-state index contributed by atoms with van der Waals surface area (Å²) in [6, 6.07) is 12.6. The van der Waals surface area contributed by atoms with Gasteiger partial charge in [0.05, 0.1) is 25.0 Å². The van der Waals surface area contributed by atoms with Gasteiger partial charge in [-0.1, -0.05) is 12.1 Å². The molecule has 0 saturated carbocycles. The molecule has 1 N–H and O–H groups in total. The van der Waals surface area contributed by atoms with Crippen LogP contribution in [0.1, 0.15) is 17.5 Å². The van der Waals surface area contributed by atoms with Gasteiger partial charge in [-0.25, -0.2) is 8.42 Å². The van der Waals surface area contributed by atoms with Crippen molar-refractivity contribution in [3.8, 4) is 5.75 Å². The molecular weight excluding hydrogens is 352 g/mol. The van der Waals surface area contributed by atoms with Crippen molar-refractivity contribution in [3.63, 3.8) is 0 Å². The Balaban J connectivity index is 1.68. The van der Waals surface area contributed by atoms with Crippen LogP contribution in [0.25, 0.3) is 0 Å². The van der Waals surface area contributed by atoms with E-state index in [-0.39, 0.29) is 18.1 Å². The van der Waals surface area contributed by atoms with Gasteiger partial charge in [0.1, 0.15) is 5.75 Å². The summed E-state index contributed by atoms with van der Waals surface area (Å²) >= 11 is 0. The number of amides is 1. The summed E-state index contributed by atoms with van der Waals surface area (Å²) in [5, 5.41) is 2.89. The lowest BCUT2D eigenvalue weighted by Crippen LogP contribution is -2.25. The lowest BCUT2D eigenvalue weighted by atomic mass is 10.1. The minimum Gasteiger partial charge on any atom is -0.497 e. The van der Waals surface area contributed by atoms with Crippen LogP contribution in [0.4, 0.5) is 11.4 Å². The van der Waals surface area contributed by atoms with Crippen molar-refractivity contribution < 1.29 is 17.9 Å². The molecule has 138 valence electrons. The highest BCUT2D eigenvalue weighted by Crippen LogP contribution is 2.28. The zero-order valence-corrected chi connectivity index (χ0v) is 15.7. The first-order valence-corrected chi connectivity index (χ1v) is 10.0. The van der Waals surface area contributed by atoms with Gasteiger partial charge in [-0.05, 0) is 54.8 Å². The van der Waals surface area contributed by atoms with Crippen LogP contribution >= 0.6 is 0 Å². The van der Waals surface area contributed by atoms with Gasteiger partial charge in [-0.3, -0.25) is 9.10 Å². The van der Waals surface area contributed by atoms with E-state index < -0.39 is 10.0 Å². The van der Waals surface area contributed by atoms with E-state index in [0.717, 1.165) is 16.9 Å². The number of rotatable bonds is 5. The number of benzene rings is 2. The van der Waals surface area contributed by atoms with E-state index in [4.69, 9.17) is 4.74 Å². The predicted molar refractivity (Wildman–Crippen MR) is 102 cm³/mol. The molecule has 1 saturated heterocycles. The Morgan fingerprint density at radius 1 is 1.19 bits per heavy atom. The van der Waals surface area contributed by atoms with Crippen molar-refractivity contribution in [2.45, 2.75) is 19.8 Å².